The molecule has 7 heteroatoms. The Hall–Kier alpha value is -1.31. The third-order valence-corrected chi connectivity index (χ3v) is 4.31. The quantitative estimate of drug-likeness (QED) is 0.744. The van der Waals surface area contributed by atoms with E-state index >= 15 is 0 Å². The highest BCUT2D eigenvalue weighted by molar-refractivity contribution is 9.10. The van der Waals surface area contributed by atoms with E-state index < -0.39 is 0 Å². The number of hydrogen-bond donors (Lipinski definition) is 3. The topological polar surface area (TPSA) is 97.8 Å². The molecule has 19 heavy (non-hydrogen) atoms. The second-order valence-corrected chi connectivity index (χ2v) is 5.94. The summed E-state index contributed by atoms with van der Waals surface area (Å²) in [5.41, 5.74) is 12.1. The molecular weight excluding hydrogens is 328 g/mol. The lowest BCUT2D eigenvalue weighted by Crippen LogP contribution is -2.09. The number of rotatable bonds is 3. The minimum atomic E-state index is -0.265. The molecule has 5 nitrogen and oxygen atoms in total. The van der Waals surface area contributed by atoms with Crippen molar-refractivity contribution in [3.63, 3.8) is 0 Å². The molecule has 0 saturated carbocycles. The maximum absolute atomic E-state index is 11.3. The number of benzene rings is 1. The minimum Gasteiger partial charge on any atom is -0.383 e. The van der Waals surface area contributed by atoms with Crippen LogP contribution >= 0.6 is 27.7 Å². The maximum atomic E-state index is 11.3. The smallest absolute Gasteiger partial charge is 0.253 e. The first-order chi connectivity index (χ1) is 8.95. The Morgan fingerprint density at radius 2 is 2.16 bits per heavy atom. The van der Waals surface area contributed by atoms with Crippen LogP contribution in [-0.2, 0) is 0 Å². The zero-order valence-electron chi connectivity index (χ0n) is 10.2. The number of nitrogens with two attached hydrogens (primary N) is 2. The highest BCUT2D eigenvalue weighted by Crippen LogP contribution is 2.32. The van der Waals surface area contributed by atoms with Crippen LogP contribution in [0.5, 0.6) is 0 Å². The van der Waals surface area contributed by atoms with Gasteiger partial charge in [-0.05, 0) is 40.5 Å². The number of aromatic amines is 1. The highest BCUT2D eigenvalue weighted by atomic mass is 79.9. The predicted octanol–water partition coefficient (Wildman–Crippen LogP) is 2.29. The van der Waals surface area contributed by atoms with Crippen molar-refractivity contribution in [1.82, 2.24) is 9.97 Å². The van der Waals surface area contributed by atoms with Gasteiger partial charge in [-0.25, -0.2) is 4.98 Å². The molecule has 2 rings (SSSR count). The fraction of sp³-hybridized carbons (Fsp3) is 0.167. The first-order valence-electron chi connectivity index (χ1n) is 5.55. The van der Waals surface area contributed by atoms with Crippen LogP contribution in [0.4, 0.5) is 5.82 Å². The number of nitrogen functional groups attached to an aromatic ring is 1. The summed E-state index contributed by atoms with van der Waals surface area (Å²) in [6.07, 6.45) is 0. The Labute approximate surface area is 122 Å². The number of anilines is 1. The Balaban J connectivity index is 2.30. The molecule has 1 aromatic carbocycles. The minimum absolute atomic E-state index is 0.0272. The maximum Gasteiger partial charge on any atom is 0.253 e. The molecule has 0 spiro atoms. The molecule has 1 atom stereocenters. The molecule has 0 aliphatic carbocycles. The first kappa shape index (κ1) is 14.1. The molecular formula is C12H13BrN4OS. The monoisotopic (exact) mass is 340 g/mol. The van der Waals surface area contributed by atoms with E-state index in [4.69, 9.17) is 11.5 Å². The molecule has 0 aliphatic heterocycles. The molecule has 1 heterocycles. The Morgan fingerprint density at radius 1 is 1.42 bits per heavy atom. The summed E-state index contributed by atoms with van der Waals surface area (Å²) in [6.45, 7) is 1.92. The van der Waals surface area contributed by atoms with Crippen LogP contribution in [-0.4, -0.2) is 9.97 Å². The average Bonchev–Trinajstić information content (AvgIpc) is 2.30. The molecule has 0 saturated heterocycles. The van der Waals surface area contributed by atoms with Crippen LogP contribution < -0.4 is 17.0 Å². The summed E-state index contributed by atoms with van der Waals surface area (Å²) in [5, 5.41) is 0.458. The number of halogens is 1. The number of hydrogen-bond acceptors (Lipinski definition) is 5. The lowest BCUT2D eigenvalue weighted by atomic mass is 10.1. The van der Waals surface area contributed by atoms with Crippen LogP contribution in [0.3, 0.4) is 0 Å². The zero-order chi connectivity index (χ0) is 14.0. The summed E-state index contributed by atoms with van der Waals surface area (Å²) >= 11 is 4.81. The summed E-state index contributed by atoms with van der Waals surface area (Å²) in [6, 6.07) is 7.05. The molecule has 0 radical (unpaired) electrons. The Morgan fingerprint density at radius 3 is 2.74 bits per heavy atom. The molecule has 1 aromatic heterocycles. The normalized spacial score (nSPS) is 12.4. The van der Waals surface area contributed by atoms with Gasteiger partial charge < -0.3 is 16.5 Å². The van der Waals surface area contributed by atoms with Gasteiger partial charge in [-0.2, -0.15) is 0 Å². The number of nitrogens with zero attached hydrogens (tertiary/aromatic N) is 1. The SMILES string of the molecule is CC(N)c1ccc(Sc2nc(N)cc(=O)[nH]2)c(Br)c1. The van der Waals surface area contributed by atoms with Crippen LogP contribution in [0.1, 0.15) is 18.5 Å². The summed E-state index contributed by atoms with van der Waals surface area (Å²) in [4.78, 5) is 18.9. The van der Waals surface area contributed by atoms with Crippen LogP contribution in [0, 0.1) is 0 Å². The Bertz CT molecular complexity index is 656. The third-order valence-electron chi connectivity index (χ3n) is 2.43. The van der Waals surface area contributed by atoms with E-state index in [9.17, 15) is 4.79 Å². The highest BCUT2D eigenvalue weighted by Gasteiger charge is 2.08. The molecule has 100 valence electrons. The van der Waals surface area contributed by atoms with Gasteiger partial charge in [0.15, 0.2) is 5.16 Å². The van der Waals surface area contributed by atoms with Crippen LogP contribution in [0.25, 0.3) is 0 Å². The number of H-pyrrole nitrogens is 1. The van der Waals surface area contributed by atoms with Gasteiger partial charge in [0.25, 0.3) is 5.56 Å². The van der Waals surface area contributed by atoms with E-state index in [2.05, 4.69) is 25.9 Å². The Kier molecular flexibility index (Phi) is 4.28. The molecule has 0 aliphatic rings. The molecule has 0 bridgehead atoms. The fourth-order valence-electron chi connectivity index (χ4n) is 1.49. The van der Waals surface area contributed by atoms with E-state index in [-0.39, 0.29) is 17.4 Å². The second-order valence-electron chi connectivity index (χ2n) is 4.06. The van der Waals surface area contributed by atoms with Crippen molar-refractivity contribution in [2.24, 2.45) is 5.73 Å². The van der Waals surface area contributed by atoms with E-state index in [1.165, 1.54) is 17.8 Å². The van der Waals surface area contributed by atoms with E-state index in [1.807, 2.05) is 25.1 Å². The van der Waals surface area contributed by atoms with Crippen molar-refractivity contribution in [3.8, 4) is 0 Å². The van der Waals surface area contributed by atoms with Crippen molar-refractivity contribution in [3.05, 3.63) is 44.7 Å². The van der Waals surface area contributed by atoms with Crippen LogP contribution in [0.15, 0.2) is 43.6 Å². The summed E-state index contributed by atoms with van der Waals surface area (Å²) < 4.78 is 0.900. The molecule has 5 N–H and O–H groups in total. The van der Waals surface area contributed by atoms with Gasteiger partial charge in [0.05, 0.1) is 0 Å². The standard InChI is InChI=1S/C12H13BrN4OS/c1-6(14)7-2-3-9(8(13)4-7)19-12-16-10(15)5-11(18)17-12/h2-6H,14H2,1H3,(H3,15,16,17,18). The number of nitrogens with one attached hydrogen (secondary N) is 1. The molecule has 2 aromatic rings. The van der Waals surface area contributed by atoms with Gasteiger partial charge in [-0.3, -0.25) is 4.79 Å². The van der Waals surface area contributed by atoms with Crippen molar-refractivity contribution in [2.45, 2.75) is 23.0 Å². The lowest BCUT2D eigenvalue weighted by molar-refractivity contribution is 0.815. The predicted molar refractivity (Wildman–Crippen MR) is 80.1 cm³/mol. The lowest BCUT2D eigenvalue weighted by Gasteiger charge is -2.09. The van der Waals surface area contributed by atoms with E-state index in [1.54, 1.807) is 0 Å². The van der Waals surface area contributed by atoms with Gasteiger partial charge in [-0.1, -0.05) is 17.8 Å². The van der Waals surface area contributed by atoms with E-state index in [0.29, 0.717) is 5.16 Å². The molecule has 0 fully saturated rings. The largest absolute Gasteiger partial charge is 0.383 e. The van der Waals surface area contributed by atoms with Crippen molar-refractivity contribution >= 4 is 33.5 Å². The number of aromatic nitrogens is 2. The van der Waals surface area contributed by atoms with Crippen molar-refractivity contribution < 1.29 is 0 Å². The molecule has 0 amide bonds. The van der Waals surface area contributed by atoms with E-state index in [0.717, 1.165) is 14.9 Å². The average molecular weight is 341 g/mol. The van der Waals surface area contributed by atoms with Crippen molar-refractivity contribution in [1.29, 1.82) is 0 Å². The third kappa shape index (κ3) is 3.59. The van der Waals surface area contributed by atoms with Crippen LogP contribution in [0.2, 0.25) is 0 Å². The van der Waals surface area contributed by atoms with Gasteiger partial charge in [0.2, 0.25) is 0 Å². The summed E-state index contributed by atoms with van der Waals surface area (Å²) in [5.74, 6) is 0.203. The fourth-order valence-corrected chi connectivity index (χ4v) is 2.93. The van der Waals surface area contributed by atoms with Gasteiger partial charge in [-0.15, -0.1) is 0 Å². The van der Waals surface area contributed by atoms with Gasteiger partial charge in [0.1, 0.15) is 5.82 Å². The zero-order valence-corrected chi connectivity index (χ0v) is 12.6. The summed E-state index contributed by atoms with van der Waals surface area (Å²) in [7, 11) is 0. The van der Waals surface area contributed by atoms with Gasteiger partial charge in [0, 0.05) is 21.5 Å². The van der Waals surface area contributed by atoms with Crippen molar-refractivity contribution in [2.75, 3.05) is 5.73 Å². The second kappa shape index (κ2) is 5.77. The molecule has 1 unspecified atom stereocenters. The first-order valence-corrected chi connectivity index (χ1v) is 7.16. The van der Waals surface area contributed by atoms with Gasteiger partial charge >= 0.3 is 0 Å².